The summed E-state index contributed by atoms with van der Waals surface area (Å²) < 4.78 is 10.6. The standard InChI is InChI=1S/C29H31N5O6/c1-39-22-12-8-20(9-13-22)18-33(19-21-10-14-23(40-2)15-11-21)28-27(34(37)38)26(30-16-5-17-31-29(35)36)24-6-3-4-7-25(24)32-28/h3-4,6-15,31H,5,16-19H2,1-2H3,(H,30,32)(H,35,36). The van der Waals surface area contributed by atoms with Crippen LogP contribution in [0.2, 0.25) is 0 Å². The zero-order chi connectivity index (χ0) is 28.5. The maximum absolute atomic E-state index is 12.6. The van der Waals surface area contributed by atoms with Crippen LogP contribution in [-0.2, 0) is 13.1 Å². The molecule has 3 N–H and O–H groups in total. The van der Waals surface area contributed by atoms with Gasteiger partial charge >= 0.3 is 11.8 Å². The smallest absolute Gasteiger partial charge is 0.404 e. The van der Waals surface area contributed by atoms with Gasteiger partial charge in [0.15, 0.2) is 0 Å². The Labute approximate surface area is 231 Å². The fourth-order valence-corrected chi connectivity index (χ4v) is 4.37. The first-order valence-electron chi connectivity index (χ1n) is 12.7. The topological polar surface area (TPSA) is 139 Å². The van der Waals surface area contributed by atoms with Gasteiger partial charge in [-0.25, -0.2) is 9.78 Å². The molecule has 1 amide bonds. The number of rotatable bonds is 13. The molecule has 0 atom stereocenters. The number of carboxylic acid groups (broad SMARTS) is 1. The van der Waals surface area contributed by atoms with E-state index in [-0.39, 0.29) is 18.1 Å². The van der Waals surface area contributed by atoms with Crippen LogP contribution in [0.3, 0.4) is 0 Å². The Bertz CT molecular complexity index is 1410. The van der Waals surface area contributed by atoms with Crippen molar-refractivity contribution in [2.45, 2.75) is 19.5 Å². The number of carbonyl (C=O) groups is 1. The van der Waals surface area contributed by atoms with Gasteiger partial charge in [0.2, 0.25) is 5.82 Å². The lowest BCUT2D eigenvalue weighted by Gasteiger charge is -2.25. The fraction of sp³-hybridized carbons (Fsp3) is 0.241. The number of benzene rings is 3. The number of nitrogens with one attached hydrogen (secondary N) is 2. The maximum Gasteiger partial charge on any atom is 0.404 e. The van der Waals surface area contributed by atoms with Crippen LogP contribution < -0.4 is 25.0 Å². The van der Waals surface area contributed by atoms with E-state index in [1.54, 1.807) is 26.4 Å². The Kier molecular flexibility index (Phi) is 9.19. The van der Waals surface area contributed by atoms with Crippen LogP contribution in [0.5, 0.6) is 11.5 Å². The number of nitro groups is 1. The largest absolute Gasteiger partial charge is 0.497 e. The molecule has 0 aliphatic heterocycles. The minimum absolute atomic E-state index is 0.146. The van der Waals surface area contributed by atoms with E-state index in [1.807, 2.05) is 65.6 Å². The lowest BCUT2D eigenvalue weighted by atomic mass is 10.1. The van der Waals surface area contributed by atoms with Gasteiger partial charge in [-0.1, -0.05) is 42.5 Å². The molecule has 11 nitrogen and oxygen atoms in total. The van der Waals surface area contributed by atoms with Gasteiger partial charge in [-0.05, 0) is 47.9 Å². The van der Waals surface area contributed by atoms with Gasteiger partial charge in [-0.2, -0.15) is 0 Å². The summed E-state index contributed by atoms with van der Waals surface area (Å²) in [7, 11) is 3.19. The predicted molar refractivity (Wildman–Crippen MR) is 153 cm³/mol. The second kappa shape index (κ2) is 13.1. The Morgan fingerprint density at radius 2 is 1.50 bits per heavy atom. The summed E-state index contributed by atoms with van der Waals surface area (Å²) in [5.74, 6) is 1.65. The summed E-state index contributed by atoms with van der Waals surface area (Å²) in [6.07, 6.45) is -0.674. The summed E-state index contributed by atoms with van der Waals surface area (Å²) in [6, 6.07) is 22.3. The van der Waals surface area contributed by atoms with Crippen molar-refractivity contribution in [1.82, 2.24) is 10.3 Å². The summed E-state index contributed by atoms with van der Waals surface area (Å²) >= 11 is 0. The molecule has 0 bridgehead atoms. The highest BCUT2D eigenvalue weighted by atomic mass is 16.6. The lowest BCUT2D eigenvalue weighted by molar-refractivity contribution is -0.383. The Balaban J connectivity index is 1.78. The van der Waals surface area contributed by atoms with Crippen molar-refractivity contribution in [1.29, 1.82) is 0 Å². The van der Waals surface area contributed by atoms with E-state index in [1.165, 1.54) is 0 Å². The van der Waals surface area contributed by atoms with Crippen molar-refractivity contribution in [3.8, 4) is 11.5 Å². The number of methoxy groups -OCH3 is 2. The van der Waals surface area contributed by atoms with E-state index in [0.29, 0.717) is 54.1 Å². The fourth-order valence-electron chi connectivity index (χ4n) is 4.37. The average molecular weight is 546 g/mol. The first-order valence-corrected chi connectivity index (χ1v) is 12.7. The molecule has 0 aliphatic carbocycles. The molecule has 0 radical (unpaired) electrons. The molecule has 4 rings (SSSR count). The van der Waals surface area contributed by atoms with Gasteiger partial charge in [-0.15, -0.1) is 0 Å². The normalized spacial score (nSPS) is 10.7. The molecule has 208 valence electrons. The first kappa shape index (κ1) is 28.0. The van der Waals surface area contributed by atoms with E-state index in [9.17, 15) is 14.9 Å². The molecule has 1 aromatic heterocycles. The number of hydrogen-bond donors (Lipinski definition) is 3. The van der Waals surface area contributed by atoms with E-state index < -0.39 is 11.0 Å². The van der Waals surface area contributed by atoms with E-state index >= 15 is 0 Å². The first-order chi connectivity index (χ1) is 19.4. The number of fused-ring (bicyclic) bond motifs is 1. The Morgan fingerprint density at radius 1 is 0.925 bits per heavy atom. The van der Waals surface area contributed by atoms with Gasteiger partial charge in [0.1, 0.15) is 17.2 Å². The lowest BCUT2D eigenvalue weighted by Crippen LogP contribution is -2.25. The molecule has 0 aliphatic rings. The minimum Gasteiger partial charge on any atom is -0.497 e. The molecule has 3 aromatic carbocycles. The third-order valence-corrected chi connectivity index (χ3v) is 6.33. The molecule has 0 fully saturated rings. The monoisotopic (exact) mass is 545 g/mol. The minimum atomic E-state index is -1.12. The second-order valence-corrected chi connectivity index (χ2v) is 9.00. The molecular weight excluding hydrogens is 514 g/mol. The van der Waals surface area contributed by atoms with Crippen LogP contribution in [0.4, 0.5) is 22.0 Å². The summed E-state index contributed by atoms with van der Waals surface area (Å²) in [4.78, 5) is 29.7. The maximum atomic E-state index is 12.6. The predicted octanol–water partition coefficient (Wildman–Crippen LogP) is 5.44. The van der Waals surface area contributed by atoms with Crippen LogP contribution in [0, 0.1) is 10.1 Å². The number of pyridine rings is 1. The zero-order valence-electron chi connectivity index (χ0n) is 22.3. The van der Waals surface area contributed by atoms with Gasteiger partial charge in [-0.3, -0.25) is 10.1 Å². The van der Waals surface area contributed by atoms with Crippen LogP contribution in [-0.4, -0.2) is 48.4 Å². The highest BCUT2D eigenvalue weighted by Crippen LogP contribution is 2.40. The third kappa shape index (κ3) is 6.87. The van der Waals surface area contributed by atoms with Gasteiger partial charge < -0.3 is 30.1 Å². The number of ether oxygens (including phenoxy) is 2. The molecule has 0 saturated heterocycles. The molecule has 1 heterocycles. The summed E-state index contributed by atoms with van der Waals surface area (Å²) in [5, 5.41) is 27.6. The van der Waals surface area contributed by atoms with E-state index in [4.69, 9.17) is 19.6 Å². The highest BCUT2D eigenvalue weighted by molar-refractivity contribution is 5.99. The van der Waals surface area contributed by atoms with Crippen molar-refractivity contribution >= 4 is 34.2 Å². The van der Waals surface area contributed by atoms with Crippen molar-refractivity contribution < 1.29 is 24.3 Å². The third-order valence-electron chi connectivity index (χ3n) is 6.33. The quantitative estimate of drug-likeness (QED) is 0.114. The number of nitrogens with zero attached hydrogens (tertiary/aromatic N) is 3. The number of aromatic nitrogens is 1. The molecule has 0 saturated carbocycles. The van der Waals surface area contributed by atoms with Crippen molar-refractivity contribution in [3.63, 3.8) is 0 Å². The second-order valence-electron chi connectivity index (χ2n) is 9.00. The van der Waals surface area contributed by atoms with Crippen molar-refractivity contribution in [3.05, 3.63) is 94.0 Å². The molecular formula is C29H31N5O6. The number of para-hydroxylation sites is 1. The number of amides is 1. The van der Waals surface area contributed by atoms with Crippen molar-refractivity contribution in [2.24, 2.45) is 0 Å². The SMILES string of the molecule is COc1ccc(CN(Cc2ccc(OC)cc2)c2nc3ccccc3c(NCCCNC(=O)O)c2[N+](=O)[O-])cc1. The van der Waals surface area contributed by atoms with E-state index in [2.05, 4.69) is 10.6 Å². The van der Waals surface area contributed by atoms with E-state index in [0.717, 1.165) is 11.1 Å². The van der Waals surface area contributed by atoms with Crippen LogP contribution in [0.25, 0.3) is 10.9 Å². The average Bonchev–Trinajstić information content (AvgIpc) is 2.96. The van der Waals surface area contributed by atoms with Crippen molar-refractivity contribution in [2.75, 3.05) is 37.5 Å². The Hall–Kier alpha value is -5.06. The van der Waals surface area contributed by atoms with Crippen LogP contribution >= 0.6 is 0 Å². The molecule has 4 aromatic rings. The molecule has 11 heteroatoms. The summed E-state index contributed by atoms with van der Waals surface area (Å²) in [6.45, 7) is 1.24. The molecule has 0 unspecified atom stereocenters. The summed E-state index contributed by atoms with van der Waals surface area (Å²) in [5.41, 5.74) is 2.65. The van der Waals surface area contributed by atoms with Gasteiger partial charge in [0.25, 0.3) is 0 Å². The Morgan fingerprint density at radius 3 is 2.02 bits per heavy atom. The molecule has 40 heavy (non-hydrogen) atoms. The number of hydrogen-bond acceptors (Lipinski definition) is 8. The van der Waals surface area contributed by atoms with Crippen LogP contribution in [0.1, 0.15) is 17.5 Å². The zero-order valence-corrected chi connectivity index (χ0v) is 22.3. The van der Waals surface area contributed by atoms with Gasteiger partial charge in [0.05, 0.1) is 24.7 Å². The molecule has 0 spiro atoms. The van der Waals surface area contributed by atoms with Crippen LogP contribution in [0.15, 0.2) is 72.8 Å². The number of anilines is 2. The van der Waals surface area contributed by atoms with Gasteiger partial charge in [0, 0.05) is 31.6 Å². The highest BCUT2D eigenvalue weighted by Gasteiger charge is 2.29.